The van der Waals surface area contributed by atoms with Gasteiger partial charge in [0.1, 0.15) is 5.65 Å². The van der Waals surface area contributed by atoms with Crippen LogP contribution in [-0.4, -0.2) is 30.0 Å². The predicted octanol–water partition coefficient (Wildman–Crippen LogP) is 3.28. The molecule has 5 rings (SSSR count). The van der Waals surface area contributed by atoms with Crippen LogP contribution in [0.4, 0.5) is 0 Å². The molecular weight excluding hydrogens is 364 g/mol. The summed E-state index contributed by atoms with van der Waals surface area (Å²) in [6.45, 7) is 4.58. The van der Waals surface area contributed by atoms with Crippen molar-refractivity contribution in [2.24, 2.45) is 0 Å². The maximum atomic E-state index is 12.2. The van der Waals surface area contributed by atoms with Gasteiger partial charge in [-0.3, -0.25) is 4.79 Å². The smallest absolute Gasteiger partial charge is 0.274 e. The van der Waals surface area contributed by atoms with Crippen LogP contribution >= 0.6 is 0 Å². The molecule has 0 aliphatic carbocycles. The Hall–Kier alpha value is -3.38. The lowest BCUT2D eigenvalue weighted by Crippen LogP contribution is -2.27. The van der Waals surface area contributed by atoms with E-state index in [1.54, 1.807) is 6.07 Å². The minimum atomic E-state index is -0.630. The Bertz CT molecular complexity index is 1370. The van der Waals surface area contributed by atoms with Crippen LogP contribution in [0.15, 0.2) is 65.5 Å². The molecule has 0 radical (unpaired) electrons. The minimum Gasteiger partial charge on any atom is -0.389 e. The molecule has 0 saturated carbocycles. The Kier molecular flexibility index (Phi) is 4.03. The van der Waals surface area contributed by atoms with Crippen LogP contribution in [0.25, 0.3) is 27.5 Å². The van der Waals surface area contributed by atoms with Crippen LogP contribution in [0.3, 0.4) is 0 Å². The van der Waals surface area contributed by atoms with E-state index in [-0.39, 0.29) is 5.56 Å². The minimum absolute atomic E-state index is 0.154. The van der Waals surface area contributed by atoms with Crippen LogP contribution in [0, 0.1) is 13.8 Å². The van der Waals surface area contributed by atoms with Crippen molar-refractivity contribution in [3.05, 3.63) is 82.4 Å². The molecule has 29 heavy (non-hydrogen) atoms. The zero-order valence-electron chi connectivity index (χ0n) is 16.4. The molecule has 0 unspecified atom stereocenters. The van der Waals surface area contributed by atoms with Gasteiger partial charge in [0.25, 0.3) is 5.56 Å². The number of rotatable bonds is 4. The maximum absolute atomic E-state index is 12.2. The second kappa shape index (κ2) is 6.60. The van der Waals surface area contributed by atoms with Crippen molar-refractivity contribution < 1.29 is 5.11 Å². The van der Waals surface area contributed by atoms with E-state index in [4.69, 9.17) is 0 Å². The van der Waals surface area contributed by atoms with Crippen LogP contribution < -0.4 is 5.56 Å². The third-order valence-electron chi connectivity index (χ3n) is 5.52. The van der Waals surface area contributed by atoms with E-state index in [1.807, 2.05) is 48.7 Å². The van der Waals surface area contributed by atoms with Gasteiger partial charge in [-0.25, -0.2) is 0 Å². The number of para-hydroxylation sites is 2. The van der Waals surface area contributed by atoms with Gasteiger partial charge in [0.05, 0.1) is 24.9 Å². The lowest BCUT2D eigenvalue weighted by atomic mass is 10.2. The third-order valence-corrected chi connectivity index (χ3v) is 5.52. The van der Waals surface area contributed by atoms with E-state index in [9.17, 15) is 9.90 Å². The summed E-state index contributed by atoms with van der Waals surface area (Å²) in [5.41, 5.74) is 4.35. The number of aliphatic hydroxyl groups is 1. The van der Waals surface area contributed by atoms with E-state index in [0.717, 1.165) is 22.4 Å². The molecule has 0 bridgehead atoms. The van der Waals surface area contributed by atoms with Gasteiger partial charge in [0, 0.05) is 39.6 Å². The predicted molar refractivity (Wildman–Crippen MR) is 114 cm³/mol. The van der Waals surface area contributed by atoms with Gasteiger partial charge in [0.15, 0.2) is 0 Å². The van der Waals surface area contributed by atoms with Gasteiger partial charge in [-0.1, -0.05) is 36.4 Å². The molecule has 3 aromatic heterocycles. The van der Waals surface area contributed by atoms with Crippen molar-refractivity contribution in [2.45, 2.75) is 33.0 Å². The van der Waals surface area contributed by atoms with Crippen molar-refractivity contribution in [2.75, 3.05) is 0 Å². The SMILES string of the molecule is Cc1cc2n(C[C@H](O)Cn3c4ccccc4c4ccccc43)c(C)cc(=O)n2n1. The summed E-state index contributed by atoms with van der Waals surface area (Å²) in [7, 11) is 0. The molecule has 1 N–H and O–H groups in total. The highest BCUT2D eigenvalue weighted by Gasteiger charge is 2.16. The lowest BCUT2D eigenvalue weighted by molar-refractivity contribution is 0.137. The number of nitrogens with zero attached hydrogens (tertiary/aromatic N) is 4. The van der Waals surface area contributed by atoms with Gasteiger partial charge in [-0.05, 0) is 26.0 Å². The Morgan fingerprint density at radius 3 is 2.14 bits per heavy atom. The van der Waals surface area contributed by atoms with Crippen LogP contribution in [0.1, 0.15) is 11.4 Å². The van der Waals surface area contributed by atoms with Gasteiger partial charge in [0.2, 0.25) is 0 Å². The second-order valence-corrected chi connectivity index (χ2v) is 7.59. The van der Waals surface area contributed by atoms with Gasteiger partial charge < -0.3 is 14.2 Å². The molecule has 1 atom stereocenters. The lowest BCUT2D eigenvalue weighted by Gasteiger charge is -2.18. The summed E-state index contributed by atoms with van der Waals surface area (Å²) >= 11 is 0. The number of benzene rings is 2. The molecule has 0 amide bonds. The highest BCUT2D eigenvalue weighted by molar-refractivity contribution is 6.07. The van der Waals surface area contributed by atoms with Gasteiger partial charge in [-0.15, -0.1) is 0 Å². The molecule has 2 aromatic carbocycles. The van der Waals surface area contributed by atoms with Crippen LogP contribution in [0.5, 0.6) is 0 Å². The van der Waals surface area contributed by atoms with E-state index >= 15 is 0 Å². The summed E-state index contributed by atoms with van der Waals surface area (Å²) in [6.07, 6.45) is -0.630. The van der Waals surface area contributed by atoms with Crippen LogP contribution in [-0.2, 0) is 13.1 Å². The molecular formula is C23H22N4O2. The fourth-order valence-electron chi connectivity index (χ4n) is 4.26. The highest BCUT2D eigenvalue weighted by atomic mass is 16.3. The number of aliphatic hydroxyl groups excluding tert-OH is 1. The Balaban J connectivity index is 1.56. The van der Waals surface area contributed by atoms with E-state index in [1.165, 1.54) is 15.3 Å². The summed E-state index contributed by atoms with van der Waals surface area (Å²) < 4.78 is 5.53. The highest BCUT2D eigenvalue weighted by Crippen LogP contribution is 2.29. The van der Waals surface area contributed by atoms with Gasteiger partial charge in [-0.2, -0.15) is 9.61 Å². The molecule has 6 heteroatoms. The molecule has 0 saturated heterocycles. The van der Waals surface area contributed by atoms with E-state index in [2.05, 4.69) is 33.9 Å². The second-order valence-electron chi connectivity index (χ2n) is 7.59. The molecule has 146 valence electrons. The topological polar surface area (TPSA) is 64.5 Å². The first-order valence-corrected chi connectivity index (χ1v) is 9.74. The molecule has 3 heterocycles. The fourth-order valence-corrected chi connectivity index (χ4v) is 4.26. The number of aromatic nitrogens is 4. The molecule has 6 nitrogen and oxygen atoms in total. The zero-order valence-corrected chi connectivity index (χ0v) is 16.4. The quantitative estimate of drug-likeness (QED) is 0.516. The van der Waals surface area contributed by atoms with Crippen molar-refractivity contribution in [3.63, 3.8) is 0 Å². The standard InChI is InChI=1S/C23H22N4O2/c1-15-11-22-25(16(2)12-23(29)27(22)24-15)13-17(28)14-26-20-9-5-3-7-18(20)19-8-4-6-10-21(19)26/h3-12,17,28H,13-14H2,1-2H3/t17-/m0/s1. The molecule has 0 aliphatic heterocycles. The molecule has 0 aliphatic rings. The number of hydrogen-bond acceptors (Lipinski definition) is 3. The monoisotopic (exact) mass is 386 g/mol. The summed E-state index contributed by atoms with van der Waals surface area (Å²) in [6, 6.07) is 20.0. The number of aryl methyl sites for hydroxylation is 2. The number of hydrogen-bond donors (Lipinski definition) is 1. The summed E-state index contributed by atoms with van der Waals surface area (Å²) in [5, 5.41) is 17.6. The van der Waals surface area contributed by atoms with Gasteiger partial charge >= 0.3 is 0 Å². The van der Waals surface area contributed by atoms with Crippen molar-refractivity contribution in [1.82, 2.24) is 18.7 Å². The Morgan fingerprint density at radius 2 is 1.48 bits per heavy atom. The fraction of sp³-hybridized carbons (Fsp3) is 0.217. The Labute approximate surface area is 167 Å². The van der Waals surface area contributed by atoms with E-state index in [0.29, 0.717) is 18.7 Å². The molecule has 0 spiro atoms. The summed E-state index contributed by atoms with van der Waals surface area (Å²) in [5.74, 6) is 0. The van der Waals surface area contributed by atoms with Crippen molar-refractivity contribution in [3.8, 4) is 0 Å². The Morgan fingerprint density at radius 1 is 0.897 bits per heavy atom. The van der Waals surface area contributed by atoms with Crippen molar-refractivity contribution in [1.29, 1.82) is 0 Å². The summed E-state index contributed by atoms with van der Waals surface area (Å²) in [4.78, 5) is 12.2. The number of fused-ring (bicyclic) bond motifs is 4. The van der Waals surface area contributed by atoms with E-state index < -0.39 is 6.10 Å². The average Bonchev–Trinajstić information content (AvgIpc) is 3.25. The maximum Gasteiger partial charge on any atom is 0.274 e. The first kappa shape index (κ1) is 17.7. The third kappa shape index (κ3) is 2.84. The van der Waals surface area contributed by atoms with Crippen LogP contribution in [0.2, 0.25) is 0 Å². The first-order chi connectivity index (χ1) is 14.0. The van der Waals surface area contributed by atoms with Crippen molar-refractivity contribution >= 4 is 27.5 Å². The normalized spacial score (nSPS) is 12.9. The first-order valence-electron chi connectivity index (χ1n) is 9.74. The largest absolute Gasteiger partial charge is 0.389 e. The average molecular weight is 386 g/mol. The molecule has 0 fully saturated rings. The zero-order chi connectivity index (χ0) is 20.1. The molecule has 5 aromatic rings.